The molecule has 21 heavy (non-hydrogen) atoms. The summed E-state index contributed by atoms with van der Waals surface area (Å²) in [6.45, 7) is 3.07. The third kappa shape index (κ3) is 4.49. The number of benzene rings is 1. The zero-order valence-electron chi connectivity index (χ0n) is 11.9. The van der Waals surface area contributed by atoms with Gasteiger partial charge in [0.1, 0.15) is 6.61 Å². The first-order chi connectivity index (χ1) is 10.2. The molecule has 2 rings (SSSR count). The van der Waals surface area contributed by atoms with E-state index in [0.29, 0.717) is 56.0 Å². The number of hydrogen-bond donors (Lipinski definition) is 1. The molecule has 0 saturated carbocycles. The van der Waals surface area contributed by atoms with E-state index in [9.17, 15) is 4.79 Å². The lowest BCUT2D eigenvalue weighted by molar-refractivity contribution is 0.0564. The van der Waals surface area contributed by atoms with Gasteiger partial charge in [-0.15, -0.1) is 0 Å². The first-order valence-corrected chi connectivity index (χ1v) is 7.14. The van der Waals surface area contributed by atoms with Crippen LogP contribution in [-0.4, -0.2) is 57.6 Å². The summed E-state index contributed by atoms with van der Waals surface area (Å²) < 4.78 is 15.8. The van der Waals surface area contributed by atoms with Crippen molar-refractivity contribution >= 4 is 23.3 Å². The Kier molecular flexibility index (Phi) is 6.10. The van der Waals surface area contributed by atoms with Crippen LogP contribution >= 0.6 is 11.6 Å². The molecule has 0 bridgehead atoms. The number of nitrogens with one attached hydrogen (secondary N) is 1. The van der Waals surface area contributed by atoms with E-state index in [1.165, 1.54) is 0 Å². The number of carbonyl (C=O) groups is 1. The van der Waals surface area contributed by atoms with Crippen molar-refractivity contribution in [1.82, 2.24) is 4.90 Å². The lowest BCUT2D eigenvalue weighted by atomic mass is 10.3. The Morgan fingerprint density at radius 3 is 2.86 bits per heavy atom. The number of hydrogen-bond acceptors (Lipinski definition) is 4. The number of anilines is 1. The number of morpholine rings is 1. The summed E-state index contributed by atoms with van der Waals surface area (Å²) in [5.74, 6) is 0.456. The van der Waals surface area contributed by atoms with Crippen molar-refractivity contribution in [2.75, 3.05) is 51.9 Å². The minimum atomic E-state index is -0.183. The largest absolute Gasteiger partial charge is 0.487 e. The van der Waals surface area contributed by atoms with Gasteiger partial charge in [-0.05, 0) is 12.1 Å². The summed E-state index contributed by atoms with van der Waals surface area (Å²) in [7, 11) is 1.59. The molecule has 116 valence electrons. The molecule has 1 aliphatic rings. The lowest BCUT2D eigenvalue weighted by Crippen LogP contribution is -2.43. The fraction of sp³-hybridized carbons (Fsp3) is 0.500. The Morgan fingerprint density at radius 1 is 1.38 bits per heavy atom. The zero-order valence-corrected chi connectivity index (χ0v) is 12.7. The Balaban J connectivity index is 2.04. The van der Waals surface area contributed by atoms with Crippen molar-refractivity contribution in [1.29, 1.82) is 0 Å². The monoisotopic (exact) mass is 314 g/mol. The van der Waals surface area contributed by atoms with Gasteiger partial charge in [-0.1, -0.05) is 17.7 Å². The molecule has 0 aliphatic carbocycles. The van der Waals surface area contributed by atoms with Gasteiger partial charge in [0.15, 0.2) is 5.75 Å². The fourth-order valence-corrected chi connectivity index (χ4v) is 2.17. The van der Waals surface area contributed by atoms with Gasteiger partial charge < -0.3 is 24.4 Å². The molecule has 7 heteroatoms. The van der Waals surface area contributed by atoms with E-state index < -0.39 is 0 Å². The number of rotatable bonds is 5. The number of urea groups is 1. The van der Waals surface area contributed by atoms with Crippen LogP contribution in [0.5, 0.6) is 5.75 Å². The van der Waals surface area contributed by atoms with Gasteiger partial charge >= 0.3 is 6.03 Å². The average Bonchev–Trinajstić information content (AvgIpc) is 2.51. The molecule has 0 radical (unpaired) electrons. The highest BCUT2D eigenvalue weighted by molar-refractivity contribution is 6.32. The number of carbonyl (C=O) groups excluding carboxylic acids is 1. The fourth-order valence-electron chi connectivity index (χ4n) is 1.94. The molecule has 1 heterocycles. The molecular formula is C14H19ClN2O4. The van der Waals surface area contributed by atoms with Gasteiger partial charge in [-0.2, -0.15) is 0 Å². The molecule has 1 fully saturated rings. The molecular weight excluding hydrogens is 296 g/mol. The predicted octanol–water partition coefficient (Wildman–Crippen LogP) is 2.23. The summed E-state index contributed by atoms with van der Waals surface area (Å²) in [4.78, 5) is 13.9. The predicted molar refractivity (Wildman–Crippen MR) is 80.2 cm³/mol. The number of amides is 2. The molecule has 1 N–H and O–H groups in total. The second-order valence-electron chi connectivity index (χ2n) is 4.49. The van der Waals surface area contributed by atoms with E-state index in [2.05, 4.69) is 5.32 Å². The molecule has 1 saturated heterocycles. The zero-order chi connectivity index (χ0) is 15.1. The molecule has 0 atom stereocenters. The third-order valence-electron chi connectivity index (χ3n) is 3.04. The third-order valence-corrected chi connectivity index (χ3v) is 3.34. The quantitative estimate of drug-likeness (QED) is 0.847. The maximum atomic E-state index is 12.2. The summed E-state index contributed by atoms with van der Waals surface area (Å²) in [5.41, 5.74) is 0.551. The number of methoxy groups -OCH3 is 1. The van der Waals surface area contributed by atoms with Crippen LogP contribution in [0.2, 0.25) is 5.02 Å². The Labute approximate surface area is 128 Å². The Hall–Kier alpha value is -1.50. The number of halogens is 1. The van der Waals surface area contributed by atoms with Gasteiger partial charge in [0.2, 0.25) is 0 Å². The van der Waals surface area contributed by atoms with Gasteiger partial charge in [-0.3, -0.25) is 0 Å². The Bertz CT molecular complexity index is 478. The molecule has 1 aromatic carbocycles. The van der Waals surface area contributed by atoms with E-state index in [4.69, 9.17) is 25.8 Å². The normalized spacial score (nSPS) is 14.9. The maximum Gasteiger partial charge on any atom is 0.322 e. The topological polar surface area (TPSA) is 60.0 Å². The summed E-state index contributed by atoms with van der Waals surface area (Å²) >= 11 is 6.13. The smallest absolute Gasteiger partial charge is 0.322 e. The van der Waals surface area contributed by atoms with Crippen LogP contribution in [0.25, 0.3) is 0 Å². The lowest BCUT2D eigenvalue weighted by Gasteiger charge is -2.27. The van der Waals surface area contributed by atoms with Crippen molar-refractivity contribution in [3.8, 4) is 5.75 Å². The molecule has 1 aromatic rings. The average molecular weight is 315 g/mol. The number of para-hydroxylation sites is 1. The molecule has 6 nitrogen and oxygen atoms in total. The molecule has 2 amide bonds. The number of ether oxygens (including phenoxy) is 3. The minimum Gasteiger partial charge on any atom is -0.487 e. The van der Waals surface area contributed by atoms with Gasteiger partial charge in [-0.25, -0.2) is 4.79 Å². The second kappa shape index (κ2) is 8.07. The van der Waals surface area contributed by atoms with Gasteiger partial charge in [0.05, 0.1) is 30.5 Å². The first-order valence-electron chi connectivity index (χ1n) is 6.76. The molecule has 0 spiro atoms. The van der Waals surface area contributed by atoms with Crippen LogP contribution in [0.4, 0.5) is 10.5 Å². The highest BCUT2D eigenvalue weighted by Crippen LogP contribution is 2.33. The number of nitrogens with zero attached hydrogens (tertiary/aromatic N) is 1. The maximum absolute atomic E-state index is 12.2. The minimum absolute atomic E-state index is 0.183. The van der Waals surface area contributed by atoms with Crippen molar-refractivity contribution in [3.63, 3.8) is 0 Å². The van der Waals surface area contributed by atoms with E-state index >= 15 is 0 Å². The van der Waals surface area contributed by atoms with Crippen molar-refractivity contribution in [2.45, 2.75) is 0 Å². The van der Waals surface area contributed by atoms with Crippen LogP contribution in [0.15, 0.2) is 18.2 Å². The summed E-state index contributed by atoms with van der Waals surface area (Å²) in [6, 6.07) is 5.05. The van der Waals surface area contributed by atoms with E-state index in [0.717, 1.165) is 0 Å². The van der Waals surface area contributed by atoms with E-state index in [-0.39, 0.29) is 6.03 Å². The van der Waals surface area contributed by atoms with Crippen LogP contribution in [0.3, 0.4) is 0 Å². The van der Waals surface area contributed by atoms with Crippen LogP contribution in [0.1, 0.15) is 0 Å². The van der Waals surface area contributed by atoms with Crippen LogP contribution in [0, 0.1) is 0 Å². The molecule has 0 unspecified atom stereocenters. The van der Waals surface area contributed by atoms with Gasteiger partial charge in [0.25, 0.3) is 0 Å². The summed E-state index contributed by atoms with van der Waals surface area (Å²) in [6.07, 6.45) is 0. The van der Waals surface area contributed by atoms with Crippen LogP contribution < -0.4 is 10.1 Å². The van der Waals surface area contributed by atoms with Crippen LogP contribution in [-0.2, 0) is 9.47 Å². The van der Waals surface area contributed by atoms with E-state index in [1.807, 2.05) is 0 Å². The molecule has 1 aliphatic heterocycles. The standard InChI is InChI=1S/C14H19ClN2O4/c1-19-9-10-21-13-11(15)3-2-4-12(13)16-14(18)17-5-7-20-8-6-17/h2-4H,5-10H2,1H3,(H,16,18). The first kappa shape index (κ1) is 15.9. The van der Waals surface area contributed by atoms with Crippen molar-refractivity contribution in [3.05, 3.63) is 23.2 Å². The highest BCUT2D eigenvalue weighted by atomic mass is 35.5. The van der Waals surface area contributed by atoms with Gasteiger partial charge in [0, 0.05) is 20.2 Å². The SMILES string of the molecule is COCCOc1c(Cl)cccc1NC(=O)N1CCOCC1. The van der Waals surface area contributed by atoms with E-state index in [1.54, 1.807) is 30.2 Å². The van der Waals surface area contributed by atoms with Crippen molar-refractivity contribution in [2.24, 2.45) is 0 Å². The summed E-state index contributed by atoms with van der Waals surface area (Å²) in [5, 5.41) is 3.28. The second-order valence-corrected chi connectivity index (χ2v) is 4.89. The van der Waals surface area contributed by atoms with Crippen molar-refractivity contribution < 1.29 is 19.0 Å². The molecule has 0 aromatic heterocycles. The highest BCUT2D eigenvalue weighted by Gasteiger charge is 2.19. The Morgan fingerprint density at radius 2 is 2.14 bits per heavy atom.